The highest BCUT2D eigenvalue weighted by molar-refractivity contribution is 5.77. The highest BCUT2D eigenvalue weighted by Crippen LogP contribution is 2.11. The van der Waals surface area contributed by atoms with Crippen LogP contribution in [0.15, 0.2) is 22.8 Å². The minimum Gasteiger partial charge on any atom is -0.468 e. The van der Waals surface area contributed by atoms with Gasteiger partial charge in [0.2, 0.25) is 5.91 Å². The molecule has 0 radical (unpaired) electrons. The van der Waals surface area contributed by atoms with Crippen molar-refractivity contribution in [2.24, 2.45) is 0 Å². The Labute approximate surface area is 83.9 Å². The van der Waals surface area contributed by atoms with Crippen molar-refractivity contribution in [1.29, 1.82) is 0 Å². The van der Waals surface area contributed by atoms with Gasteiger partial charge >= 0.3 is 0 Å². The van der Waals surface area contributed by atoms with Crippen molar-refractivity contribution >= 4 is 5.91 Å². The van der Waals surface area contributed by atoms with Crippen molar-refractivity contribution in [3.63, 3.8) is 0 Å². The molecule has 1 heterocycles. The van der Waals surface area contributed by atoms with Crippen LogP contribution in [0.2, 0.25) is 0 Å². The Morgan fingerprint density at radius 1 is 1.64 bits per heavy atom. The predicted molar refractivity (Wildman–Crippen MR) is 53.8 cm³/mol. The average molecular weight is 196 g/mol. The number of carbonyl (C=O) groups excluding carboxylic acids is 1. The molecule has 0 fully saturated rings. The fourth-order valence-electron chi connectivity index (χ4n) is 1.04. The third kappa shape index (κ3) is 2.88. The highest BCUT2D eigenvalue weighted by Gasteiger charge is 2.10. The summed E-state index contributed by atoms with van der Waals surface area (Å²) in [5, 5.41) is 3.08. The molecule has 0 saturated carbocycles. The number of nitrogens with zero attached hydrogens (tertiary/aromatic N) is 1. The van der Waals surface area contributed by atoms with E-state index < -0.39 is 0 Å². The summed E-state index contributed by atoms with van der Waals surface area (Å²) in [4.78, 5) is 12.8. The standard InChI is InChI=1S/C10H16N2O2/c1-8(9-5-4-6-14-9)11-7-10(13)12(2)3/h4-6,8,11H,7H2,1-3H3/t8-/m0/s1. The molecule has 1 N–H and O–H groups in total. The molecule has 1 aromatic rings. The zero-order chi connectivity index (χ0) is 10.6. The number of hydrogen-bond donors (Lipinski definition) is 1. The van der Waals surface area contributed by atoms with Crippen LogP contribution in [0.4, 0.5) is 0 Å². The van der Waals surface area contributed by atoms with Crippen LogP contribution >= 0.6 is 0 Å². The second kappa shape index (κ2) is 4.81. The molecule has 0 aliphatic carbocycles. The zero-order valence-corrected chi connectivity index (χ0v) is 8.78. The van der Waals surface area contributed by atoms with Gasteiger partial charge in [-0.3, -0.25) is 10.1 Å². The third-order valence-electron chi connectivity index (χ3n) is 2.03. The second-order valence-corrected chi connectivity index (χ2v) is 3.41. The van der Waals surface area contributed by atoms with Crippen molar-refractivity contribution in [1.82, 2.24) is 10.2 Å². The summed E-state index contributed by atoms with van der Waals surface area (Å²) >= 11 is 0. The Kier molecular flexibility index (Phi) is 3.71. The quantitative estimate of drug-likeness (QED) is 0.782. The number of furan rings is 1. The zero-order valence-electron chi connectivity index (χ0n) is 8.78. The lowest BCUT2D eigenvalue weighted by molar-refractivity contribution is -0.127. The first kappa shape index (κ1) is 10.8. The van der Waals surface area contributed by atoms with Gasteiger partial charge < -0.3 is 9.32 Å². The summed E-state index contributed by atoms with van der Waals surface area (Å²) in [5.41, 5.74) is 0. The van der Waals surface area contributed by atoms with Gasteiger partial charge in [0, 0.05) is 14.1 Å². The van der Waals surface area contributed by atoms with Crippen molar-refractivity contribution in [3.05, 3.63) is 24.2 Å². The van der Waals surface area contributed by atoms with Gasteiger partial charge in [0.15, 0.2) is 0 Å². The van der Waals surface area contributed by atoms with Crippen LogP contribution in [0, 0.1) is 0 Å². The molecule has 78 valence electrons. The maximum Gasteiger partial charge on any atom is 0.236 e. The Balaban J connectivity index is 2.36. The number of carbonyl (C=O) groups is 1. The van der Waals surface area contributed by atoms with Crippen molar-refractivity contribution < 1.29 is 9.21 Å². The molecule has 0 aromatic carbocycles. The van der Waals surface area contributed by atoms with Crippen LogP contribution in [0.25, 0.3) is 0 Å². The van der Waals surface area contributed by atoms with Crippen molar-refractivity contribution in [3.8, 4) is 0 Å². The molecule has 14 heavy (non-hydrogen) atoms. The fourth-order valence-corrected chi connectivity index (χ4v) is 1.04. The molecule has 0 saturated heterocycles. The van der Waals surface area contributed by atoms with Gasteiger partial charge in [-0.15, -0.1) is 0 Å². The molecule has 1 aromatic heterocycles. The monoisotopic (exact) mass is 196 g/mol. The molecule has 0 bridgehead atoms. The number of amides is 1. The van der Waals surface area contributed by atoms with Crippen LogP contribution < -0.4 is 5.32 Å². The van der Waals surface area contributed by atoms with E-state index in [1.807, 2.05) is 19.1 Å². The predicted octanol–water partition coefficient (Wildman–Crippen LogP) is 1.02. The third-order valence-corrected chi connectivity index (χ3v) is 2.03. The summed E-state index contributed by atoms with van der Waals surface area (Å²) in [6.07, 6.45) is 1.63. The fraction of sp³-hybridized carbons (Fsp3) is 0.500. The van der Waals surface area contributed by atoms with Crippen molar-refractivity contribution in [2.45, 2.75) is 13.0 Å². The van der Waals surface area contributed by atoms with Crippen LogP contribution in [-0.4, -0.2) is 31.4 Å². The first-order valence-corrected chi connectivity index (χ1v) is 4.58. The van der Waals surface area contributed by atoms with E-state index in [0.29, 0.717) is 6.54 Å². The molecular formula is C10H16N2O2. The van der Waals surface area contributed by atoms with Gasteiger partial charge in [0.25, 0.3) is 0 Å². The molecule has 1 rings (SSSR count). The molecular weight excluding hydrogens is 180 g/mol. The van der Waals surface area contributed by atoms with E-state index in [0.717, 1.165) is 5.76 Å². The number of likely N-dealkylation sites (N-methyl/N-ethyl adjacent to an activating group) is 1. The normalized spacial score (nSPS) is 12.5. The van der Waals surface area contributed by atoms with Crippen LogP contribution in [0.3, 0.4) is 0 Å². The molecule has 0 spiro atoms. The van der Waals surface area contributed by atoms with Crippen LogP contribution in [0.1, 0.15) is 18.7 Å². The van der Waals surface area contributed by atoms with E-state index in [-0.39, 0.29) is 11.9 Å². The van der Waals surface area contributed by atoms with Gasteiger partial charge in [-0.1, -0.05) is 0 Å². The van der Waals surface area contributed by atoms with Gasteiger partial charge in [-0.2, -0.15) is 0 Å². The van der Waals surface area contributed by atoms with Gasteiger partial charge in [-0.05, 0) is 19.1 Å². The Morgan fingerprint density at radius 2 is 2.36 bits per heavy atom. The van der Waals surface area contributed by atoms with Gasteiger partial charge in [0.05, 0.1) is 18.8 Å². The molecule has 1 atom stereocenters. The minimum absolute atomic E-state index is 0.0587. The van der Waals surface area contributed by atoms with E-state index in [2.05, 4.69) is 5.32 Å². The average Bonchev–Trinajstić information content (AvgIpc) is 2.66. The Bertz CT molecular complexity index is 280. The molecule has 4 heteroatoms. The number of hydrogen-bond acceptors (Lipinski definition) is 3. The SMILES string of the molecule is C[C@H](NCC(=O)N(C)C)c1ccco1. The summed E-state index contributed by atoms with van der Waals surface area (Å²) in [5.74, 6) is 0.903. The smallest absolute Gasteiger partial charge is 0.236 e. The van der Waals surface area contributed by atoms with E-state index in [4.69, 9.17) is 4.42 Å². The van der Waals surface area contributed by atoms with Crippen LogP contribution in [0.5, 0.6) is 0 Å². The van der Waals surface area contributed by atoms with E-state index >= 15 is 0 Å². The summed E-state index contributed by atoms with van der Waals surface area (Å²) < 4.78 is 5.20. The molecule has 1 amide bonds. The number of rotatable bonds is 4. The van der Waals surface area contributed by atoms with Gasteiger partial charge in [-0.25, -0.2) is 0 Å². The lowest BCUT2D eigenvalue weighted by atomic mass is 10.2. The Hall–Kier alpha value is -1.29. The van der Waals surface area contributed by atoms with Crippen LogP contribution in [-0.2, 0) is 4.79 Å². The molecule has 0 aliphatic heterocycles. The maximum atomic E-state index is 11.2. The lowest BCUT2D eigenvalue weighted by Gasteiger charge is -2.14. The molecule has 4 nitrogen and oxygen atoms in total. The summed E-state index contributed by atoms with van der Waals surface area (Å²) in [7, 11) is 3.48. The van der Waals surface area contributed by atoms with Gasteiger partial charge in [0.1, 0.15) is 5.76 Å². The second-order valence-electron chi connectivity index (χ2n) is 3.41. The van der Waals surface area contributed by atoms with E-state index in [1.165, 1.54) is 0 Å². The summed E-state index contributed by atoms with van der Waals surface area (Å²) in [6.45, 7) is 2.29. The minimum atomic E-state index is 0.0587. The Morgan fingerprint density at radius 3 is 2.86 bits per heavy atom. The lowest BCUT2D eigenvalue weighted by Crippen LogP contribution is -2.34. The van der Waals surface area contributed by atoms with E-state index in [9.17, 15) is 4.79 Å². The first-order valence-electron chi connectivity index (χ1n) is 4.58. The number of nitrogens with one attached hydrogen (secondary N) is 1. The van der Waals surface area contributed by atoms with Crippen molar-refractivity contribution in [2.75, 3.05) is 20.6 Å². The summed E-state index contributed by atoms with van der Waals surface area (Å²) in [6, 6.07) is 3.79. The first-order chi connectivity index (χ1) is 6.61. The largest absolute Gasteiger partial charge is 0.468 e. The van der Waals surface area contributed by atoms with E-state index in [1.54, 1.807) is 25.3 Å². The maximum absolute atomic E-state index is 11.2. The topological polar surface area (TPSA) is 45.5 Å². The highest BCUT2D eigenvalue weighted by atomic mass is 16.3. The molecule has 0 aliphatic rings. The molecule has 0 unspecified atom stereocenters.